The molecule has 20 unspecified atom stereocenters. The van der Waals surface area contributed by atoms with Crippen LogP contribution in [0, 0.1) is 0 Å². The van der Waals surface area contributed by atoms with Crippen LogP contribution in [0.25, 0.3) is 28.4 Å². The number of aliphatic hydroxyl groups is 13. The fourth-order valence-electron chi connectivity index (χ4n) is 8.65. The van der Waals surface area contributed by atoms with Crippen LogP contribution in [0.15, 0.2) is 65.1 Å². The summed E-state index contributed by atoms with van der Waals surface area (Å²) >= 11 is 0. The van der Waals surface area contributed by atoms with Crippen LogP contribution in [0.3, 0.4) is 0 Å². The third-order valence-corrected chi connectivity index (χ3v) is 13.0. The van der Waals surface area contributed by atoms with E-state index in [0.29, 0.717) is 5.56 Å². The molecule has 0 aliphatic carbocycles. The van der Waals surface area contributed by atoms with Crippen molar-refractivity contribution < 1.29 is 139 Å². The molecule has 4 saturated heterocycles. The van der Waals surface area contributed by atoms with E-state index in [4.69, 9.17) is 47.0 Å². The summed E-state index contributed by atoms with van der Waals surface area (Å²) in [4.78, 5) is 12.9. The summed E-state index contributed by atoms with van der Waals surface area (Å²) in [5.74, 6) is -5.13. The number of ether oxygens (including phenoxy) is 9. The number of aliphatic hydroxyl groups excluding tert-OH is 13. The van der Waals surface area contributed by atoms with E-state index in [1.807, 2.05) is 0 Å². The minimum Gasteiger partial charge on any atom is -0.507 e. The molecule has 17 N–H and O–H groups in total. The highest BCUT2D eigenvalue weighted by Crippen LogP contribution is 2.46. The molecule has 0 spiro atoms. The normalized spacial score (nSPS) is 36.0. The number of phenolic OH excluding ortho intramolecular Hbond substituents is 4. The maximum absolute atomic E-state index is 12.9. The predicted octanol–water partition coefficient (Wildman–Crippen LogP) is -4.14. The molecule has 0 radical (unpaired) electrons. The summed E-state index contributed by atoms with van der Waals surface area (Å²) in [7, 11) is 0. The molecule has 8 rings (SSSR count). The molecule has 0 saturated carbocycles. The highest BCUT2D eigenvalue weighted by atomic mass is 16.7. The molecule has 76 heavy (non-hydrogen) atoms. The fourth-order valence-corrected chi connectivity index (χ4v) is 8.65. The highest BCUT2D eigenvalue weighted by Gasteiger charge is 2.50. The number of rotatable bonds is 15. The molecule has 4 aliphatic heterocycles. The zero-order chi connectivity index (χ0) is 55.0. The SMILES string of the molecule is CC1OC(OCC2OC(Oc3cc4c(OC5OC(CO)C(O)C(O)C5O)cc(O)cc4[o+]c3-c3cc(O)c(O)c(O)c3)C(O)C(O)C2O)C(O)C(O)C1OC(=O)C=Cc1ccc(OC2OC(CO)C(O)C(O)C2O)cc1. The lowest BCUT2D eigenvalue weighted by Gasteiger charge is -2.42. The molecule has 3 aromatic carbocycles. The van der Waals surface area contributed by atoms with Crippen molar-refractivity contribution in [2.45, 2.75) is 130 Å². The lowest BCUT2D eigenvalue weighted by molar-refractivity contribution is -0.319. The van der Waals surface area contributed by atoms with E-state index in [9.17, 15) is 91.6 Å². The van der Waals surface area contributed by atoms with E-state index in [-0.39, 0.29) is 28.0 Å². The van der Waals surface area contributed by atoms with Gasteiger partial charge in [-0.05, 0) is 30.7 Å². The quantitative estimate of drug-likeness (QED) is 0.0233. The van der Waals surface area contributed by atoms with Crippen LogP contribution in [0.5, 0.6) is 40.2 Å². The summed E-state index contributed by atoms with van der Waals surface area (Å²) in [6.45, 7) is -0.810. The average molecular weight is 1080 g/mol. The molecule has 28 nitrogen and oxygen atoms in total. The van der Waals surface area contributed by atoms with Gasteiger partial charge >= 0.3 is 17.3 Å². The number of phenols is 4. The van der Waals surface area contributed by atoms with Gasteiger partial charge in [0.05, 0.1) is 37.6 Å². The number of aromatic hydroxyl groups is 4. The van der Waals surface area contributed by atoms with Gasteiger partial charge in [-0.15, -0.1) is 0 Å². The van der Waals surface area contributed by atoms with Gasteiger partial charge < -0.3 is 129 Å². The third kappa shape index (κ3) is 11.7. The number of fused-ring (bicyclic) bond motifs is 1. The first-order valence-electron chi connectivity index (χ1n) is 23.4. The predicted molar refractivity (Wildman–Crippen MR) is 246 cm³/mol. The summed E-state index contributed by atoms with van der Waals surface area (Å²) < 4.78 is 56.9. The van der Waals surface area contributed by atoms with Crippen LogP contribution >= 0.6 is 0 Å². The van der Waals surface area contributed by atoms with E-state index in [1.54, 1.807) is 0 Å². The summed E-state index contributed by atoms with van der Waals surface area (Å²) in [5.41, 5.74) is 0.00504. The molecule has 1 aromatic heterocycles. The van der Waals surface area contributed by atoms with Gasteiger partial charge in [-0.1, -0.05) is 12.1 Å². The molecule has 0 bridgehead atoms. The Labute approximate surface area is 428 Å². The van der Waals surface area contributed by atoms with E-state index in [0.717, 1.165) is 36.4 Å². The molecular weight excluding hydrogens is 1020 g/mol. The molecule has 4 aromatic rings. The minimum atomic E-state index is -2.07. The second kappa shape index (κ2) is 23.4. The molecule has 416 valence electrons. The molecular formula is C48H57O28+. The highest BCUT2D eigenvalue weighted by molar-refractivity contribution is 5.89. The van der Waals surface area contributed by atoms with Crippen LogP contribution < -0.4 is 14.2 Å². The number of hydrogen-bond donors (Lipinski definition) is 17. The molecule has 28 heteroatoms. The Morgan fingerprint density at radius 2 is 1.09 bits per heavy atom. The fraction of sp³-hybridized carbons (Fsp3) is 0.500. The smallest absolute Gasteiger partial charge is 0.402 e. The molecule has 5 heterocycles. The zero-order valence-electron chi connectivity index (χ0n) is 39.6. The van der Waals surface area contributed by atoms with E-state index in [1.165, 1.54) is 37.3 Å². The van der Waals surface area contributed by atoms with Gasteiger partial charge in [0.15, 0.2) is 29.6 Å². The van der Waals surface area contributed by atoms with Crippen LogP contribution in [0.1, 0.15) is 12.5 Å². The van der Waals surface area contributed by atoms with Crippen LogP contribution in [0.4, 0.5) is 0 Å². The van der Waals surface area contributed by atoms with Crippen LogP contribution in [0.2, 0.25) is 0 Å². The average Bonchev–Trinajstić information content (AvgIpc) is 3.40. The zero-order valence-corrected chi connectivity index (χ0v) is 39.6. The van der Waals surface area contributed by atoms with Gasteiger partial charge in [0.2, 0.25) is 24.6 Å². The summed E-state index contributed by atoms with van der Waals surface area (Å²) in [6.07, 6.45) is -31.5. The lowest BCUT2D eigenvalue weighted by Crippen LogP contribution is -2.62. The largest absolute Gasteiger partial charge is 0.507 e. The maximum atomic E-state index is 12.9. The van der Waals surface area contributed by atoms with Crippen molar-refractivity contribution in [2.24, 2.45) is 0 Å². The number of carbonyl (C=O) groups is 1. The lowest BCUT2D eigenvalue weighted by atomic mass is 9.98. The van der Waals surface area contributed by atoms with Gasteiger partial charge in [-0.2, -0.15) is 0 Å². The molecule has 4 fully saturated rings. The second-order valence-electron chi connectivity index (χ2n) is 18.2. The minimum absolute atomic E-state index is 0.113. The number of esters is 1. The maximum Gasteiger partial charge on any atom is 0.402 e. The van der Waals surface area contributed by atoms with Crippen molar-refractivity contribution in [3.63, 3.8) is 0 Å². The van der Waals surface area contributed by atoms with Crippen molar-refractivity contribution >= 4 is 23.0 Å². The molecule has 4 aliphatic rings. The Morgan fingerprint density at radius 3 is 1.66 bits per heavy atom. The van der Waals surface area contributed by atoms with Crippen molar-refractivity contribution in [3.8, 4) is 51.6 Å². The molecule has 20 atom stereocenters. The van der Waals surface area contributed by atoms with Crippen molar-refractivity contribution in [3.05, 3.63) is 66.2 Å². The Balaban J connectivity index is 0.940. The summed E-state index contributed by atoms with van der Waals surface area (Å²) in [6, 6.07) is 11.0. The standard InChI is InChI=1S/C48H56O28/c1-16-43(76-30(54)7-4-17-2-5-20(6-3-17)69-46-39(63)35(59)32(56)27(13-49)73-46)38(62)42(66)45(68-16)67-15-29-34(58)37(61)41(65)48(75-29)72-26-12-21-24(70-44(26)18-8-22(52)31(55)23(53)9-18)10-19(51)11-25(21)71-47-40(64)36(60)33(57)28(14-50)74-47/h2-12,16,27-29,32-43,45-50,56-66H,13-15H2,1H3,(H3-,51,52,53,55)/p+1. The van der Waals surface area contributed by atoms with Crippen LogP contribution in [-0.4, -0.2) is 235 Å². The first-order valence-corrected chi connectivity index (χ1v) is 23.4. The third-order valence-electron chi connectivity index (χ3n) is 13.0. The number of carbonyl (C=O) groups excluding carboxylic acids is 1. The van der Waals surface area contributed by atoms with E-state index in [2.05, 4.69) is 0 Å². The Morgan fingerprint density at radius 1 is 0.579 bits per heavy atom. The Hall–Kier alpha value is -5.84. The second-order valence-corrected chi connectivity index (χ2v) is 18.2. The first kappa shape index (κ1) is 56.4. The first-order chi connectivity index (χ1) is 36.1. The number of benzene rings is 3. The van der Waals surface area contributed by atoms with E-state index < -0.39 is 183 Å². The summed E-state index contributed by atoms with van der Waals surface area (Å²) in [5, 5.41) is 177. The van der Waals surface area contributed by atoms with Gasteiger partial charge in [-0.3, -0.25) is 0 Å². The Kier molecular flexibility index (Phi) is 17.4. The number of hydrogen-bond acceptors (Lipinski definition) is 27. The van der Waals surface area contributed by atoms with E-state index >= 15 is 0 Å². The van der Waals surface area contributed by atoms with Gasteiger partial charge in [-0.25, -0.2) is 9.21 Å². The van der Waals surface area contributed by atoms with Crippen molar-refractivity contribution in [2.75, 3.05) is 19.8 Å². The van der Waals surface area contributed by atoms with Gasteiger partial charge in [0, 0.05) is 30.3 Å². The monoisotopic (exact) mass is 1080 g/mol. The topological polar surface area (TPSA) is 455 Å². The van der Waals surface area contributed by atoms with Crippen molar-refractivity contribution in [1.29, 1.82) is 0 Å². The molecule has 0 amide bonds. The van der Waals surface area contributed by atoms with Gasteiger partial charge in [0.25, 0.3) is 0 Å². The van der Waals surface area contributed by atoms with Crippen molar-refractivity contribution in [1.82, 2.24) is 0 Å². The van der Waals surface area contributed by atoms with Gasteiger partial charge in [0.1, 0.15) is 108 Å². The Bertz CT molecular complexity index is 2650. The van der Waals surface area contributed by atoms with Crippen LogP contribution in [-0.2, 0) is 33.2 Å².